The number of piperidine rings is 1. The van der Waals surface area contributed by atoms with Crippen LogP contribution in [0.15, 0.2) is 54.6 Å². The van der Waals surface area contributed by atoms with E-state index >= 15 is 0 Å². The van der Waals surface area contributed by atoms with Gasteiger partial charge in [0, 0.05) is 26.7 Å². The predicted molar refractivity (Wildman–Crippen MR) is 115 cm³/mol. The molecule has 1 heterocycles. The number of amides is 1. The molecule has 0 radical (unpaired) electrons. The molecule has 174 valence electrons. The van der Waals surface area contributed by atoms with Crippen molar-refractivity contribution in [2.45, 2.75) is 30.9 Å². The monoisotopic (exact) mass is 469 g/mol. The standard InChI is InChI=1S/C22H26F3N3O3S/c1-27(13-10-17-6-5-9-19(16-17)22(23,24)25)20(29)21(18-7-3-2-4-8-18)11-14-28(15-12-21)32(26,30)31/h2-9,16H,10-15H2,1H3,(H2,26,30,31). The van der Waals surface area contributed by atoms with Crippen molar-refractivity contribution in [1.29, 1.82) is 0 Å². The van der Waals surface area contributed by atoms with E-state index in [1.54, 1.807) is 13.1 Å². The van der Waals surface area contributed by atoms with Crippen molar-refractivity contribution in [3.05, 3.63) is 71.3 Å². The van der Waals surface area contributed by atoms with Gasteiger partial charge < -0.3 is 4.90 Å². The fraction of sp³-hybridized carbons (Fsp3) is 0.409. The van der Waals surface area contributed by atoms with Crippen LogP contribution in [0.1, 0.15) is 29.5 Å². The van der Waals surface area contributed by atoms with Crippen molar-refractivity contribution in [3.8, 4) is 0 Å². The second-order valence-corrected chi connectivity index (χ2v) is 9.61. The van der Waals surface area contributed by atoms with Crippen LogP contribution in [-0.4, -0.2) is 50.2 Å². The molecular formula is C22H26F3N3O3S. The first-order valence-corrected chi connectivity index (χ1v) is 11.7. The van der Waals surface area contributed by atoms with Crippen LogP contribution < -0.4 is 5.14 Å². The summed E-state index contributed by atoms with van der Waals surface area (Å²) in [5.74, 6) is -0.190. The van der Waals surface area contributed by atoms with Gasteiger partial charge in [0.1, 0.15) is 0 Å². The highest BCUT2D eigenvalue weighted by atomic mass is 32.2. The Morgan fingerprint density at radius 2 is 1.72 bits per heavy atom. The zero-order valence-corrected chi connectivity index (χ0v) is 18.5. The van der Waals surface area contributed by atoms with E-state index in [4.69, 9.17) is 5.14 Å². The van der Waals surface area contributed by atoms with Gasteiger partial charge in [-0.3, -0.25) is 4.79 Å². The quantitative estimate of drug-likeness (QED) is 0.706. The van der Waals surface area contributed by atoms with Gasteiger partial charge in [-0.15, -0.1) is 0 Å². The van der Waals surface area contributed by atoms with Crippen LogP contribution in [0.5, 0.6) is 0 Å². The Hall–Kier alpha value is -2.43. The molecule has 1 aliphatic heterocycles. The third-order valence-electron chi connectivity index (χ3n) is 6.01. The lowest BCUT2D eigenvalue weighted by Crippen LogP contribution is -2.54. The van der Waals surface area contributed by atoms with Crippen molar-refractivity contribution in [2.24, 2.45) is 5.14 Å². The first-order chi connectivity index (χ1) is 14.9. The molecule has 2 aromatic carbocycles. The van der Waals surface area contributed by atoms with Crippen molar-refractivity contribution in [3.63, 3.8) is 0 Å². The Morgan fingerprint density at radius 3 is 2.28 bits per heavy atom. The number of carbonyl (C=O) groups is 1. The molecule has 2 aromatic rings. The Kier molecular flexibility index (Phi) is 6.97. The molecule has 3 rings (SSSR count). The van der Waals surface area contributed by atoms with Crippen LogP contribution in [0, 0.1) is 0 Å². The fourth-order valence-electron chi connectivity index (χ4n) is 4.17. The zero-order valence-electron chi connectivity index (χ0n) is 17.7. The van der Waals surface area contributed by atoms with E-state index in [0.29, 0.717) is 5.56 Å². The maximum atomic E-state index is 13.6. The lowest BCUT2D eigenvalue weighted by atomic mass is 9.72. The molecule has 2 N–H and O–H groups in total. The minimum absolute atomic E-state index is 0.112. The number of benzene rings is 2. The summed E-state index contributed by atoms with van der Waals surface area (Å²) in [6.07, 6.45) is -3.63. The normalized spacial score (nSPS) is 17.2. The van der Waals surface area contributed by atoms with Crippen molar-refractivity contribution >= 4 is 16.1 Å². The summed E-state index contributed by atoms with van der Waals surface area (Å²) < 4.78 is 63.5. The summed E-state index contributed by atoms with van der Waals surface area (Å²) in [6, 6.07) is 14.2. The minimum atomic E-state index is -4.42. The summed E-state index contributed by atoms with van der Waals surface area (Å²) >= 11 is 0. The van der Waals surface area contributed by atoms with E-state index in [1.165, 1.54) is 11.0 Å². The average molecular weight is 470 g/mol. The molecule has 6 nitrogen and oxygen atoms in total. The highest BCUT2D eigenvalue weighted by Gasteiger charge is 2.45. The van der Waals surface area contributed by atoms with Crippen molar-refractivity contribution in [2.75, 3.05) is 26.7 Å². The lowest BCUT2D eigenvalue weighted by Gasteiger charge is -2.42. The maximum Gasteiger partial charge on any atom is 0.416 e. The molecule has 0 bridgehead atoms. The third kappa shape index (κ3) is 5.31. The molecule has 0 aromatic heterocycles. The van der Waals surface area contributed by atoms with Crippen molar-refractivity contribution in [1.82, 2.24) is 9.21 Å². The fourth-order valence-corrected chi connectivity index (χ4v) is 4.86. The van der Waals surface area contributed by atoms with E-state index < -0.39 is 27.4 Å². The predicted octanol–water partition coefficient (Wildman–Crippen LogP) is 2.94. The van der Waals surface area contributed by atoms with Gasteiger partial charge in [0.15, 0.2) is 0 Å². The molecule has 1 fully saturated rings. The van der Waals surface area contributed by atoms with E-state index in [9.17, 15) is 26.4 Å². The van der Waals surface area contributed by atoms with Gasteiger partial charge in [0.2, 0.25) is 5.91 Å². The van der Waals surface area contributed by atoms with Crippen LogP contribution >= 0.6 is 0 Å². The molecular weight excluding hydrogens is 443 g/mol. The summed E-state index contributed by atoms with van der Waals surface area (Å²) in [6.45, 7) is 0.454. The minimum Gasteiger partial charge on any atom is -0.345 e. The Labute approximate surface area is 186 Å². The van der Waals surface area contributed by atoms with E-state index in [-0.39, 0.29) is 44.8 Å². The molecule has 0 saturated carbocycles. The first kappa shape index (κ1) is 24.2. The molecule has 0 unspecified atom stereocenters. The average Bonchev–Trinajstić information content (AvgIpc) is 2.76. The summed E-state index contributed by atoms with van der Waals surface area (Å²) in [7, 11) is -2.23. The van der Waals surface area contributed by atoms with Gasteiger partial charge in [-0.05, 0) is 36.5 Å². The van der Waals surface area contributed by atoms with Gasteiger partial charge in [0.05, 0.1) is 11.0 Å². The molecule has 0 spiro atoms. The smallest absolute Gasteiger partial charge is 0.345 e. The molecule has 1 saturated heterocycles. The molecule has 0 atom stereocenters. The number of nitrogens with two attached hydrogens (primary N) is 1. The Bertz CT molecular complexity index is 1050. The maximum absolute atomic E-state index is 13.6. The zero-order chi connectivity index (χ0) is 23.6. The summed E-state index contributed by atoms with van der Waals surface area (Å²) in [4.78, 5) is 15.1. The number of hydrogen-bond donors (Lipinski definition) is 1. The number of rotatable bonds is 6. The third-order valence-corrected chi connectivity index (χ3v) is 7.09. The molecule has 32 heavy (non-hydrogen) atoms. The van der Waals surface area contributed by atoms with E-state index in [1.807, 2.05) is 30.3 Å². The van der Waals surface area contributed by atoms with Crippen LogP contribution in [-0.2, 0) is 33.0 Å². The lowest BCUT2D eigenvalue weighted by molar-refractivity contribution is -0.138. The van der Waals surface area contributed by atoms with Gasteiger partial charge in [-0.25, -0.2) is 5.14 Å². The van der Waals surface area contributed by atoms with E-state index in [2.05, 4.69) is 0 Å². The van der Waals surface area contributed by atoms with Gasteiger partial charge >= 0.3 is 6.18 Å². The molecule has 10 heteroatoms. The van der Waals surface area contributed by atoms with Gasteiger partial charge in [-0.1, -0.05) is 48.5 Å². The van der Waals surface area contributed by atoms with Gasteiger partial charge in [0.25, 0.3) is 10.2 Å². The second-order valence-electron chi connectivity index (χ2n) is 8.07. The largest absolute Gasteiger partial charge is 0.416 e. The Balaban J connectivity index is 1.78. The number of carbonyl (C=O) groups excluding carboxylic acids is 1. The SMILES string of the molecule is CN(CCc1cccc(C(F)(F)F)c1)C(=O)C1(c2ccccc2)CCN(S(N)(=O)=O)CC1. The highest BCUT2D eigenvalue weighted by molar-refractivity contribution is 7.86. The number of alkyl halides is 3. The topological polar surface area (TPSA) is 83.7 Å². The van der Waals surface area contributed by atoms with Crippen LogP contribution in [0.2, 0.25) is 0 Å². The number of hydrogen-bond acceptors (Lipinski definition) is 3. The molecule has 0 aliphatic carbocycles. The van der Waals surface area contributed by atoms with Crippen molar-refractivity contribution < 1.29 is 26.4 Å². The van der Waals surface area contributed by atoms with Crippen LogP contribution in [0.3, 0.4) is 0 Å². The molecule has 1 aliphatic rings. The van der Waals surface area contributed by atoms with Crippen LogP contribution in [0.25, 0.3) is 0 Å². The Morgan fingerprint density at radius 1 is 1.09 bits per heavy atom. The highest BCUT2D eigenvalue weighted by Crippen LogP contribution is 2.38. The second kappa shape index (κ2) is 9.21. The van der Waals surface area contributed by atoms with E-state index in [0.717, 1.165) is 22.0 Å². The summed E-state index contributed by atoms with van der Waals surface area (Å²) in [5.41, 5.74) is -0.382. The molecule has 1 amide bonds. The summed E-state index contributed by atoms with van der Waals surface area (Å²) in [5, 5.41) is 5.25. The number of halogens is 3. The van der Waals surface area contributed by atoms with Gasteiger partial charge in [-0.2, -0.15) is 25.9 Å². The first-order valence-electron chi connectivity index (χ1n) is 10.2. The van der Waals surface area contributed by atoms with Crippen LogP contribution in [0.4, 0.5) is 13.2 Å². The number of nitrogens with zero attached hydrogens (tertiary/aromatic N) is 2. The number of likely N-dealkylation sites (N-methyl/N-ethyl adjacent to an activating group) is 1.